The number of nitriles is 1. The fourth-order valence-electron chi connectivity index (χ4n) is 2.80. The number of nitrogens with one attached hydrogen (secondary N) is 3. The zero-order chi connectivity index (χ0) is 21.2. The lowest BCUT2D eigenvalue weighted by molar-refractivity contribution is -0.140. The van der Waals surface area contributed by atoms with Crippen LogP contribution in [0.5, 0.6) is 0 Å². The fourth-order valence-corrected chi connectivity index (χ4v) is 2.80. The first-order valence-corrected chi connectivity index (χ1v) is 8.56. The largest absolute Gasteiger partial charge is 0.405 e. The Morgan fingerprint density at radius 3 is 2.83 bits per heavy atom. The van der Waals surface area contributed by atoms with E-state index in [-0.39, 0.29) is 11.7 Å². The highest BCUT2D eigenvalue weighted by Gasteiger charge is 2.34. The van der Waals surface area contributed by atoms with Crippen molar-refractivity contribution in [2.45, 2.75) is 31.5 Å². The zero-order valence-electron chi connectivity index (χ0n) is 15.5. The number of nitrogens with zero attached hydrogens (tertiary/aromatic N) is 5. The quantitative estimate of drug-likeness (QED) is 0.683. The van der Waals surface area contributed by atoms with Crippen molar-refractivity contribution in [1.82, 2.24) is 25.5 Å². The maximum atomic E-state index is 12.3. The molecule has 0 aliphatic carbocycles. The van der Waals surface area contributed by atoms with Gasteiger partial charge in [-0.1, -0.05) is 0 Å². The number of carbonyl (C=O) groups is 1. The third kappa shape index (κ3) is 4.68. The molecule has 3 rings (SSSR count). The predicted octanol–water partition coefficient (Wildman–Crippen LogP) is 1.56. The number of anilines is 2. The predicted molar refractivity (Wildman–Crippen MR) is 95.9 cm³/mol. The van der Waals surface area contributed by atoms with Gasteiger partial charge in [-0.3, -0.25) is 4.79 Å². The van der Waals surface area contributed by atoms with Crippen LogP contribution in [-0.2, 0) is 4.79 Å². The lowest BCUT2D eigenvalue weighted by atomic mass is 10.0. The molecule has 1 atom stereocenters. The van der Waals surface area contributed by atoms with E-state index in [0.29, 0.717) is 23.8 Å². The number of amides is 1. The molecule has 0 radical (unpaired) electrons. The Morgan fingerprint density at radius 2 is 2.14 bits per heavy atom. The van der Waals surface area contributed by atoms with E-state index in [1.165, 1.54) is 26.2 Å². The van der Waals surface area contributed by atoms with Gasteiger partial charge in [0.1, 0.15) is 29.8 Å². The van der Waals surface area contributed by atoms with E-state index in [1.807, 2.05) is 11.4 Å². The molecule has 0 saturated carbocycles. The molecule has 29 heavy (non-hydrogen) atoms. The number of aromatic nitrogens is 4. The first-order chi connectivity index (χ1) is 13.6. The van der Waals surface area contributed by atoms with Crippen LogP contribution in [0.25, 0.3) is 0 Å². The maximum Gasteiger partial charge on any atom is 0.405 e. The van der Waals surface area contributed by atoms with E-state index in [2.05, 4.69) is 30.8 Å². The summed E-state index contributed by atoms with van der Waals surface area (Å²) in [6.07, 6.45) is -1.78. The average molecular weight is 406 g/mol. The zero-order valence-corrected chi connectivity index (χ0v) is 15.5. The first-order valence-electron chi connectivity index (χ1n) is 8.56. The van der Waals surface area contributed by atoms with Crippen molar-refractivity contribution in [2.24, 2.45) is 0 Å². The number of rotatable bonds is 5. The monoisotopic (exact) mass is 406 g/mol. The minimum Gasteiger partial charge on any atom is -0.369 e. The van der Waals surface area contributed by atoms with Crippen LogP contribution in [0.1, 0.15) is 36.7 Å². The van der Waals surface area contributed by atoms with Crippen molar-refractivity contribution < 1.29 is 18.0 Å². The summed E-state index contributed by atoms with van der Waals surface area (Å²) in [4.78, 5) is 20.6. The van der Waals surface area contributed by atoms with E-state index in [1.54, 1.807) is 6.07 Å². The van der Waals surface area contributed by atoms with Crippen LogP contribution in [0, 0.1) is 11.3 Å². The summed E-state index contributed by atoms with van der Waals surface area (Å²) in [7, 11) is 0. The smallest absolute Gasteiger partial charge is 0.369 e. The van der Waals surface area contributed by atoms with Gasteiger partial charge in [-0.15, -0.1) is 5.10 Å². The minimum absolute atomic E-state index is 0.181. The molecule has 1 amide bonds. The van der Waals surface area contributed by atoms with E-state index in [0.717, 1.165) is 5.56 Å². The van der Waals surface area contributed by atoms with E-state index in [9.17, 15) is 18.0 Å². The van der Waals surface area contributed by atoms with Gasteiger partial charge < -0.3 is 16.0 Å². The van der Waals surface area contributed by atoms with E-state index < -0.39 is 24.2 Å². The molecule has 3 N–H and O–H groups in total. The molecule has 0 spiro atoms. The number of halogens is 3. The average Bonchev–Trinajstić information content (AvgIpc) is 3.08. The summed E-state index contributed by atoms with van der Waals surface area (Å²) in [5.41, 5.74) is -0.243. The molecule has 0 saturated heterocycles. The Balaban J connectivity index is 1.78. The minimum atomic E-state index is -4.51. The first kappa shape index (κ1) is 20.2. The molecule has 2 aromatic rings. The van der Waals surface area contributed by atoms with Crippen LogP contribution in [0.4, 0.5) is 24.8 Å². The van der Waals surface area contributed by atoms with Crippen molar-refractivity contribution in [2.75, 3.05) is 23.7 Å². The molecule has 0 aromatic carbocycles. The highest BCUT2D eigenvalue weighted by molar-refractivity contribution is 5.88. The molecular weight excluding hydrogens is 389 g/mol. The SMILES string of the molecule is CC(C)(Nc1cnnc(C2CNc3ncc(C#N)cc32)n1)C(=O)NCC(F)(F)F. The molecule has 1 aliphatic heterocycles. The normalized spacial score (nSPS) is 15.8. The van der Waals surface area contributed by atoms with E-state index in [4.69, 9.17) is 5.26 Å². The van der Waals surface area contributed by atoms with Crippen LogP contribution in [-0.4, -0.2) is 50.9 Å². The molecule has 1 unspecified atom stereocenters. The summed E-state index contributed by atoms with van der Waals surface area (Å²) in [5, 5.41) is 24.7. The summed E-state index contributed by atoms with van der Waals surface area (Å²) in [6.45, 7) is 1.87. The van der Waals surface area contributed by atoms with Gasteiger partial charge in [0.15, 0.2) is 5.82 Å². The summed E-state index contributed by atoms with van der Waals surface area (Å²) >= 11 is 0. The Kier molecular flexibility index (Phi) is 5.23. The van der Waals surface area contributed by atoms with Crippen LogP contribution in [0.3, 0.4) is 0 Å². The van der Waals surface area contributed by atoms with Crippen molar-refractivity contribution in [3.05, 3.63) is 35.4 Å². The fraction of sp³-hybridized carbons (Fsp3) is 0.412. The molecule has 9 nitrogen and oxygen atoms in total. The lowest BCUT2D eigenvalue weighted by Crippen LogP contribution is -2.50. The number of fused-ring (bicyclic) bond motifs is 1. The van der Waals surface area contributed by atoms with Gasteiger partial charge in [0.05, 0.1) is 17.7 Å². The Labute approximate surface area is 163 Å². The topological polar surface area (TPSA) is 129 Å². The molecule has 3 heterocycles. The standard InChI is InChI=1S/C17H17F3N8O/c1-16(2,15(29)24-8-17(18,19)20)27-12-7-25-28-14(26-12)11-6-23-13-10(11)3-9(4-21)5-22-13/h3,5,7,11H,6,8H2,1-2H3,(H,22,23)(H,24,29)(H,26,27,28). The van der Waals surface area contributed by atoms with Crippen LogP contribution in [0.15, 0.2) is 18.5 Å². The molecule has 12 heteroatoms. The molecule has 0 fully saturated rings. The number of hydrogen-bond donors (Lipinski definition) is 3. The number of pyridine rings is 1. The molecule has 152 valence electrons. The Morgan fingerprint density at radius 1 is 1.38 bits per heavy atom. The summed E-state index contributed by atoms with van der Waals surface area (Å²) in [5.74, 6) is -0.0413. The van der Waals surface area contributed by atoms with Gasteiger partial charge in [0.25, 0.3) is 0 Å². The second-order valence-electron chi connectivity index (χ2n) is 6.95. The number of hydrogen-bond acceptors (Lipinski definition) is 8. The van der Waals surface area contributed by atoms with E-state index >= 15 is 0 Å². The molecule has 2 aromatic heterocycles. The van der Waals surface area contributed by atoms with Crippen molar-refractivity contribution in [3.8, 4) is 6.07 Å². The highest BCUT2D eigenvalue weighted by Crippen LogP contribution is 2.33. The van der Waals surface area contributed by atoms with Crippen molar-refractivity contribution >= 4 is 17.5 Å². The second-order valence-corrected chi connectivity index (χ2v) is 6.95. The maximum absolute atomic E-state index is 12.3. The summed E-state index contributed by atoms with van der Waals surface area (Å²) < 4.78 is 37.0. The molecule has 1 aliphatic rings. The summed E-state index contributed by atoms with van der Waals surface area (Å²) in [6, 6.07) is 3.71. The second kappa shape index (κ2) is 7.50. The van der Waals surface area contributed by atoms with Crippen LogP contribution in [0.2, 0.25) is 0 Å². The van der Waals surface area contributed by atoms with Gasteiger partial charge in [0.2, 0.25) is 5.91 Å². The van der Waals surface area contributed by atoms with Gasteiger partial charge >= 0.3 is 6.18 Å². The third-order valence-corrected chi connectivity index (χ3v) is 4.24. The van der Waals surface area contributed by atoms with Gasteiger partial charge in [-0.25, -0.2) is 9.97 Å². The van der Waals surface area contributed by atoms with Gasteiger partial charge in [0, 0.05) is 18.3 Å². The van der Waals surface area contributed by atoms with Crippen molar-refractivity contribution in [1.29, 1.82) is 5.26 Å². The third-order valence-electron chi connectivity index (χ3n) is 4.24. The Bertz CT molecular complexity index is 970. The molecule has 0 bridgehead atoms. The Hall–Kier alpha value is -3.49. The van der Waals surface area contributed by atoms with Gasteiger partial charge in [-0.05, 0) is 19.9 Å². The molecular formula is C17H17F3N8O. The van der Waals surface area contributed by atoms with Crippen LogP contribution >= 0.6 is 0 Å². The van der Waals surface area contributed by atoms with Crippen molar-refractivity contribution in [3.63, 3.8) is 0 Å². The number of alkyl halides is 3. The highest BCUT2D eigenvalue weighted by atomic mass is 19.4. The lowest BCUT2D eigenvalue weighted by Gasteiger charge is -2.26. The van der Waals surface area contributed by atoms with Crippen LogP contribution < -0.4 is 16.0 Å². The number of carbonyl (C=O) groups excluding carboxylic acids is 1. The van der Waals surface area contributed by atoms with Gasteiger partial charge in [-0.2, -0.15) is 23.5 Å².